The molecule has 0 saturated heterocycles. The van der Waals surface area contributed by atoms with E-state index in [1.807, 2.05) is 4.90 Å². The second-order valence-corrected chi connectivity index (χ2v) is 4.56. The topological polar surface area (TPSA) is 41.6 Å². The molecule has 1 saturated carbocycles. The zero-order valence-electron chi connectivity index (χ0n) is 9.95. The van der Waals surface area contributed by atoms with Gasteiger partial charge in [-0.15, -0.1) is 0 Å². The molecule has 1 aliphatic rings. The van der Waals surface area contributed by atoms with E-state index in [9.17, 15) is 4.79 Å². The van der Waals surface area contributed by atoms with Crippen LogP contribution in [0.25, 0.3) is 0 Å². The molecule has 0 aliphatic heterocycles. The van der Waals surface area contributed by atoms with Crippen LogP contribution in [0, 0.1) is 5.92 Å². The first-order valence-corrected chi connectivity index (χ1v) is 5.68. The standard InChI is InChI=1S/C11H22N2O2/c1-9(2)8-13(6-7-15-3)11(14)12-10-4-5-10/h9-10H,4-8H2,1-3H3,(H,12,14). The number of nitrogens with one attached hydrogen (secondary N) is 1. The van der Waals surface area contributed by atoms with Crippen LogP contribution in [0.5, 0.6) is 0 Å². The maximum Gasteiger partial charge on any atom is 0.317 e. The molecule has 0 atom stereocenters. The Morgan fingerprint density at radius 2 is 2.20 bits per heavy atom. The lowest BCUT2D eigenvalue weighted by Crippen LogP contribution is -2.44. The van der Waals surface area contributed by atoms with Gasteiger partial charge in [-0.05, 0) is 18.8 Å². The monoisotopic (exact) mass is 214 g/mol. The summed E-state index contributed by atoms with van der Waals surface area (Å²) >= 11 is 0. The van der Waals surface area contributed by atoms with Crippen molar-refractivity contribution in [2.45, 2.75) is 32.7 Å². The normalized spacial score (nSPS) is 15.5. The van der Waals surface area contributed by atoms with Crippen molar-refractivity contribution < 1.29 is 9.53 Å². The first-order valence-electron chi connectivity index (χ1n) is 5.68. The van der Waals surface area contributed by atoms with Crippen LogP contribution in [0.4, 0.5) is 4.79 Å². The maximum absolute atomic E-state index is 11.8. The van der Waals surface area contributed by atoms with Gasteiger partial charge < -0.3 is 15.0 Å². The van der Waals surface area contributed by atoms with Gasteiger partial charge in [0.2, 0.25) is 0 Å². The van der Waals surface area contributed by atoms with Crippen molar-refractivity contribution in [3.05, 3.63) is 0 Å². The number of rotatable bonds is 6. The van der Waals surface area contributed by atoms with Crippen LogP contribution in [0.3, 0.4) is 0 Å². The highest BCUT2D eigenvalue weighted by atomic mass is 16.5. The highest BCUT2D eigenvalue weighted by Crippen LogP contribution is 2.19. The Morgan fingerprint density at radius 1 is 1.53 bits per heavy atom. The van der Waals surface area contributed by atoms with E-state index >= 15 is 0 Å². The Hall–Kier alpha value is -0.770. The molecule has 1 N–H and O–H groups in total. The lowest BCUT2D eigenvalue weighted by atomic mass is 10.2. The molecular formula is C11H22N2O2. The fourth-order valence-corrected chi connectivity index (χ4v) is 1.41. The summed E-state index contributed by atoms with van der Waals surface area (Å²) < 4.78 is 5.00. The van der Waals surface area contributed by atoms with Crippen LogP contribution in [0.1, 0.15) is 26.7 Å². The average Bonchev–Trinajstić information content (AvgIpc) is 2.95. The number of carbonyl (C=O) groups excluding carboxylic acids is 1. The van der Waals surface area contributed by atoms with Crippen LogP contribution in [-0.4, -0.2) is 43.8 Å². The quantitative estimate of drug-likeness (QED) is 0.727. The molecule has 0 aromatic carbocycles. The van der Waals surface area contributed by atoms with E-state index in [0.29, 0.717) is 25.1 Å². The molecule has 4 nitrogen and oxygen atoms in total. The van der Waals surface area contributed by atoms with Gasteiger partial charge in [0.15, 0.2) is 0 Å². The molecule has 1 fully saturated rings. The Kier molecular flexibility index (Phi) is 4.88. The molecule has 0 bridgehead atoms. The molecule has 88 valence electrons. The van der Waals surface area contributed by atoms with Crippen LogP contribution in [0.2, 0.25) is 0 Å². The number of hydrogen-bond acceptors (Lipinski definition) is 2. The van der Waals surface area contributed by atoms with Gasteiger partial charge in [-0.3, -0.25) is 0 Å². The molecule has 0 heterocycles. The smallest absolute Gasteiger partial charge is 0.317 e. The summed E-state index contributed by atoms with van der Waals surface area (Å²) in [5.74, 6) is 0.492. The van der Waals surface area contributed by atoms with E-state index in [0.717, 1.165) is 19.4 Å². The van der Waals surface area contributed by atoms with E-state index in [1.165, 1.54) is 0 Å². The summed E-state index contributed by atoms with van der Waals surface area (Å²) in [5, 5.41) is 3.00. The van der Waals surface area contributed by atoms with Crippen LogP contribution in [0.15, 0.2) is 0 Å². The number of ether oxygens (including phenoxy) is 1. The average molecular weight is 214 g/mol. The summed E-state index contributed by atoms with van der Waals surface area (Å²) in [5.41, 5.74) is 0. The van der Waals surface area contributed by atoms with Gasteiger partial charge in [0.05, 0.1) is 6.61 Å². The first kappa shape index (κ1) is 12.3. The molecule has 1 aliphatic carbocycles. The Labute approximate surface area is 92.0 Å². The molecule has 0 spiro atoms. The number of carbonyl (C=O) groups is 1. The van der Waals surface area contributed by atoms with Gasteiger partial charge in [0, 0.05) is 26.2 Å². The molecule has 0 aromatic rings. The fraction of sp³-hybridized carbons (Fsp3) is 0.909. The van der Waals surface area contributed by atoms with Crippen LogP contribution < -0.4 is 5.32 Å². The first-order chi connectivity index (χ1) is 7.13. The highest BCUT2D eigenvalue weighted by molar-refractivity contribution is 5.74. The molecule has 15 heavy (non-hydrogen) atoms. The molecule has 0 aromatic heterocycles. The zero-order chi connectivity index (χ0) is 11.3. The number of nitrogens with zero attached hydrogens (tertiary/aromatic N) is 1. The second-order valence-electron chi connectivity index (χ2n) is 4.56. The maximum atomic E-state index is 11.8. The van der Waals surface area contributed by atoms with Crippen molar-refractivity contribution in [2.75, 3.05) is 26.8 Å². The third kappa shape index (κ3) is 5.02. The third-order valence-electron chi connectivity index (χ3n) is 2.34. The van der Waals surface area contributed by atoms with E-state index < -0.39 is 0 Å². The minimum absolute atomic E-state index is 0.0586. The van der Waals surface area contributed by atoms with E-state index in [-0.39, 0.29) is 6.03 Å². The summed E-state index contributed by atoms with van der Waals surface area (Å²) in [6.45, 7) is 6.30. The Bertz CT molecular complexity index is 203. The van der Waals surface area contributed by atoms with E-state index in [2.05, 4.69) is 19.2 Å². The molecular weight excluding hydrogens is 192 g/mol. The van der Waals surface area contributed by atoms with E-state index in [1.54, 1.807) is 7.11 Å². The fourth-order valence-electron chi connectivity index (χ4n) is 1.41. The largest absolute Gasteiger partial charge is 0.383 e. The van der Waals surface area contributed by atoms with Gasteiger partial charge in [0.1, 0.15) is 0 Å². The van der Waals surface area contributed by atoms with Crippen molar-refractivity contribution in [3.8, 4) is 0 Å². The number of hydrogen-bond donors (Lipinski definition) is 1. The predicted octanol–water partition coefficient (Wildman–Crippen LogP) is 1.46. The van der Waals surface area contributed by atoms with Crippen molar-refractivity contribution in [3.63, 3.8) is 0 Å². The lowest BCUT2D eigenvalue weighted by Gasteiger charge is -2.24. The van der Waals surface area contributed by atoms with Crippen LogP contribution in [-0.2, 0) is 4.74 Å². The van der Waals surface area contributed by atoms with Gasteiger partial charge in [-0.25, -0.2) is 4.79 Å². The lowest BCUT2D eigenvalue weighted by molar-refractivity contribution is 0.143. The van der Waals surface area contributed by atoms with Crippen molar-refractivity contribution in [1.82, 2.24) is 10.2 Å². The molecule has 4 heteroatoms. The van der Waals surface area contributed by atoms with Gasteiger partial charge in [-0.2, -0.15) is 0 Å². The van der Waals surface area contributed by atoms with Crippen molar-refractivity contribution in [2.24, 2.45) is 5.92 Å². The van der Waals surface area contributed by atoms with Gasteiger partial charge in [0.25, 0.3) is 0 Å². The number of amides is 2. The number of methoxy groups -OCH3 is 1. The summed E-state index contributed by atoms with van der Waals surface area (Å²) in [6, 6.07) is 0.484. The third-order valence-corrected chi connectivity index (χ3v) is 2.34. The minimum Gasteiger partial charge on any atom is -0.383 e. The van der Waals surface area contributed by atoms with E-state index in [4.69, 9.17) is 4.74 Å². The highest BCUT2D eigenvalue weighted by Gasteiger charge is 2.25. The number of urea groups is 1. The molecule has 0 unspecified atom stereocenters. The minimum atomic E-state index is 0.0586. The second kappa shape index (κ2) is 5.95. The summed E-state index contributed by atoms with van der Waals surface area (Å²) in [4.78, 5) is 13.6. The summed E-state index contributed by atoms with van der Waals surface area (Å²) in [7, 11) is 1.66. The van der Waals surface area contributed by atoms with Crippen molar-refractivity contribution >= 4 is 6.03 Å². The van der Waals surface area contributed by atoms with Crippen molar-refractivity contribution in [1.29, 1.82) is 0 Å². The Morgan fingerprint density at radius 3 is 2.67 bits per heavy atom. The Balaban J connectivity index is 2.33. The molecule has 1 rings (SSSR count). The van der Waals surface area contributed by atoms with Gasteiger partial charge in [-0.1, -0.05) is 13.8 Å². The van der Waals surface area contributed by atoms with Crippen LogP contribution >= 0.6 is 0 Å². The molecule has 2 amide bonds. The van der Waals surface area contributed by atoms with Gasteiger partial charge >= 0.3 is 6.03 Å². The molecule has 0 radical (unpaired) electrons. The zero-order valence-corrected chi connectivity index (χ0v) is 9.95. The summed E-state index contributed by atoms with van der Waals surface area (Å²) in [6.07, 6.45) is 2.26. The SMILES string of the molecule is COCCN(CC(C)C)C(=O)NC1CC1. The predicted molar refractivity (Wildman–Crippen MR) is 59.8 cm³/mol.